The first-order valence-electron chi connectivity index (χ1n) is 7.66. The van der Waals surface area contributed by atoms with Crippen LogP contribution in [0.1, 0.15) is 21.5 Å². The van der Waals surface area contributed by atoms with Gasteiger partial charge in [-0.2, -0.15) is 10.5 Å². The number of benzene rings is 3. The number of carbonyl (C=O) groups is 1. The molecule has 26 heavy (non-hydrogen) atoms. The SMILES string of the molecule is N#Cc1ccc(Oc2ccc(-c3ccc(C(=O)O)cc3)cc2)cc1C#N. The number of nitrogens with zero attached hydrogens (tertiary/aromatic N) is 2. The van der Waals surface area contributed by atoms with Crippen molar-refractivity contribution in [3.8, 4) is 34.8 Å². The lowest BCUT2D eigenvalue weighted by Gasteiger charge is -2.08. The molecule has 0 aliphatic rings. The Morgan fingerprint density at radius 1 is 0.769 bits per heavy atom. The van der Waals surface area contributed by atoms with Crippen LogP contribution in [0.2, 0.25) is 0 Å². The molecule has 124 valence electrons. The van der Waals surface area contributed by atoms with E-state index in [9.17, 15) is 4.79 Å². The standard InChI is InChI=1S/C21H12N2O3/c22-12-17-7-10-20(11-18(17)13-23)26-19-8-5-15(6-9-19)14-1-3-16(4-2-14)21(24)25/h1-11H,(H,24,25). The Labute approximate surface area is 149 Å². The van der Waals surface area contributed by atoms with E-state index >= 15 is 0 Å². The molecule has 0 radical (unpaired) electrons. The smallest absolute Gasteiger partial charge is 0.335 e. The van der Waals surface area contributed by atoms with Crippen LogP contribution in [-0.2, 0) is 0 Å². The highest BCUT2D eigenvalue weighted by molar-refractivity contribution is 5.88. The van der Waals surface area contributed by atoms with Gasteiger partial charge in [0.2, 0.25) is 0 Å². The van der Waals surface area contributed by atoms with Gasteiger partial charge in [0.1, 0.15) is 23.6 Å². The summed E-state index contributed by atoms with van der Waals surface area (Å²) < 4.78 is 5.72. The van der Waals surface area contributed by atoms with Gasteiger partial charge in [0.05, 0.1) is 16.7 Å². The van der Waals surface area contributed by atoms with Crippen molar-refractivity contribution in [1.29, 1.82) is 10.5 Å². The first-order valence-corrected chi connectivity index (χ1v) is 7.66. The summed E-state index contributed by atoms with van der Waals surface area (Å²) in [6.45, 7) is 0. The number of hydrogen-bond acceptors (Lipinski definition) is 4. The fraction of sp³-hybridized carbons (Fsp3) is 0. The molecule has 3 aromatic carbocycles. The van der Waals surface area contributed by atoms with Crippen molar-refractivity contribution < 1.29 is 14.6 Å². The third-order valence-electron chi connectivity index (χ3n) is 3.79. The Hall–Kier alpha value is -4.09. The Morgan fingerprint density at radius 2 is 1.31 bits per heavy atom. The van der Waals surface area contributed by atoms with E-state index in [1.54, 1.807) is 48.5 Å². The molecule has 0 bridgehead atoms. The van der Waals surface area contributed by atoms with Gasteiger partial charge in [-0.25, -0.2) is 4.79 Å². The van der Waals surface area contributed by atoms with Crippen LogP contribution in [0.25, 0.3) is 11.1 Å². The molecule has 0 saturated heterocycles. The summed E-state index contributed by atoms with van der Waals surface area (Å²) in [6, 6.07) is 22.5. The van der Waals surface area contributed by atoms with Gasteiger partial charge in [-0.1, -0.05) is 24.3 Å². The number of ether oxygens (including phenoxy) is 1. The molecule has 0 unspecified atom stereocenters. The van der Waals surface area contributed by atoms with E-state index in [2.05, 4.69) is 0 Å². The molecule has 0 fully saturated rings. The van der Waals surface area contributed by atoms with E-state index in [4.69, 9.17) is 20.4 Å². The second kappa shape index (κ2) is 7.21. The predicted octanol–water partition coefficient (Wildman–Crippen LogP) is 4.59. The minimum atomic E-state index is -0.959. The molecule has 0 aliphatic carbocycles. The van der Waals surface area contributed by atoms with Crippen LogP contribution < -0.4 is 4.74 Å². The van der Waals surface area contributed by atoms with Crippen molar-refractivity contribution in [2.24, 2.45) is 0 Å². The van der Waals surface area contributed by atoms with Crippen molar-refractivity contribution in [3.63, 3.8) is 0 Å². The third-order valence-corrected chi connectivity index (χ3v) is 3.79. The normalized spacial score (nSPS) is 9.77. The van der Waals surface area contributed by atoms with Gasteiger partial charge >= 0.3 is 5.97 Å². The van der Waals surface area contributed by atoms with Crippen LogP contribution in [0.5, 0.6) is 11.5 Å². The lowest BCUT2D eigenvalue weighted by molar-refractivity contribution is 0.0697. The van der Waals surface area contributed by atoms with E-state index in [0.29, 0.717) is 17.1 Å². The Morgan fingerprint density at radius 3 is 1.85 bits per heavy atom. The van der Waals surface area contributed by atoms with Crippen molar-refractivity contribution in [3.05, 3.63) is 83.4 Å². The van der Waals surface area contributed by atoms with E-state index in [-0.39, 0.29) is 11.1 Å². The maximum atomic E-state index is 10.9. The average molecular weight is 340 g/mol. The fourth-order valence-corrected chi connectivity index (χ4v) is 2.43. The first kappa shape index (κ1) is 16.8. The number of nitriles is 2. The van der Waals surface area contributed by atoms with E-state index < -0.39 is 5.97 Å². The van der Waals surface area contributed by atoms with E-state index in [1.807, 2.05) is 24.3 Å². The van der Waals surface area contributed by atoms with E-state index in [0.717, 1.165) is 11.1 Å². The highest BCUT2D eigenvalue weighted by Gasteiger charge is 2.06. The quantitative estimate of drug-likeness (QED) is 0.749. The van der Waals surface area contributed by atoms with Crippen molar-refractivity contribution >= 4 is 5.97 Å². The summed E-state index contributed by atoms with van der Waals surface area (Å²) in [5.41, 5.74) is 2.63. The molecule has 0 heterocycles. The van der Waals surface area contributed by atoms with Crippen LogP contribution in [0.3, 0.4) is 0 Å². The summed E-state index contributed by atoms with van der Waals surface area (Å²) in [5.74, 6) is 0.100. The minimum absolute atomic E-state index is 0.239. The zero-order chi connectivity index (χ0) is 18.5. The molecule has 0 spiro atoms. The predicted molar refractivity (Wildman–Crippen MR) is 94.8 cm³/mol. The van der Waals surface area contributed by atoms with Crippen molar-refractivity contribution in [2.45, 2.75) is 0 Å². The summed E-state index contributed by atoms with van der Waals surface area (Å²) in [6.07, 6.45) is 0. The highest BCUT2D eigenvalue weighted by Crippen LogP contribution is 2.27. The van der Waals surface area contributed by atoms with E-state index in [1.165, 1.54) is 6.07 Å². The zero-order valence-electron chi connectivity index (χ0n) is 13.5. The zero-order valence-corrected chi connectivity index (χ0v) is 13.5. The van der Waals surface area contributed by atoms with Gasteiger partial charge in [0.15, 0.2) is 0 Å². The van der Waals surface area contributed by atoms with Gasteiger partial charge in [-0.15, -0.1) is 0 Å². The van der Waals surface area contributed by atoms with Crippen molar-refractivity contribution in [1.82, 2.24) is 0 Å². The van der Waals surface area contributed by atoms with Crippen LogP contribution in [-0.4, -0.2) is 11.1 Å². The van der Waals surface area contributed by atoms with Crippen LogP contribution >= 0.6 is 0 Å². The molecular weight excluding hydrogens is 328 g/mol. The van der Waals surface area contributed by atoms with Gasteiger partial charge in [-0.05, 0) is 53.6 Å². The minimum Gasteiger partial charge on any atom is -0.478 e. The Balaban J connectivity index is 1.79. The lowest BCUT2D eigenvalue weighted by Crippen LogP contribution is -1.94. The molecular formula is C21H12N2O3. The molecule has 3 rings (SSSR count). The molecule has 0 aliphatic heterocycles. The van der Waals surface area contributed by atoms with Crippen molar-refractivity contribution in [2.75, 3.05) is 0 Å². The maximum absolute atomic E-state index is 10.9. The van der Waals surface area contributed by atoms with Gasteiger partial charge in [-0.3, -0.25) is 0 Å². The summed E-state index contributed by atoms with van der Waals surface area (Å²) >= 11 is 0. The number of carboxylic acids is 1. The van der Waals surface area contributed by atoms with Crippen LogP contribution in [0, 0.1) is 22.7 Å². The maximum Gasteiger partial charge on any atom is 0.335 e. The van der Waals surface area contributed by atoms with Gasteiger partial charge in [0, 0.05) is 0 Å². The fourth-order valence-electron chi connectivity index (χ4n) is 2.43. The Bertz CT molecular complexity index is 1040. The molecule has 1 N–H and O–H groups in total. The second-order valence-electron chi connectivity index (χ2n) is 5.44. The average Bonchev–Trinajstić information content (AvgIpc) is 2.68. The summed E-state index contributed by atoms with van der Waals surface area (Å²) in [7, 11) is 0. The molecule has 5 nitrogen and oxygen atoms in total. The van der Waals surface area contributed by atoms with Crippen LogP contribution in [0.4, 0.5) is 0 Å². The molecule has 5 heteroatoms. The largest absolute Gasteiger partial charge is 0.478 e. The molecule has 3 aromatic rings. The van der Waals surface area contributed by atoms with Gasteiger partial charge < -0.3 is 9.84 Å². The monoisotopic (exact) mass is 340 g/mol. The molecule has 0 saturated carbocycles. The molecule has 0 amide bonds. The topological polar surface area (TPSA) is 94.1 Å². The molecule has 0 atom stereocenters. The van der Waals surface area contributed by atoms with Gasteiger partial charge in [0.25, 0.3) is 0 Å². The number of aromatic carboxylic acids is 1. The lowest BCUT2D eigenvalue weighted by atomic mass is 10.0. The summed E-state index contributed by atoms with van der Waals surface area (Å²) in [4.78, 5) is 10.9. The van der Waals surface area contributed by atoms with Crippen LogP contribution in [0.15, 0.2) is 66.7 Å². The Kier molecular flexibility index (Phi) is 4.65. The third kappa shape index (κ3) is 3.53. The summed E-state index contributed by atoms with van der Waals surface area (Å²) in [5, 5.41) is 26.9. The molecule has 0 aromatic heterocycles. The second-order valence-corrected chi connectivity index (χ2v) is 5.44. The highest BCUT2D eigenvalue weighted by atomic mass is 16.5. The first-order chi connectivity index (χ1) is 12.6. The number of hydrogen-bond donors (Lipinski definition) is 1. The number of carboxylic acid groups (broad SMARTS) is 1. The number of rotatable bonds is 4.